The molecule has 0 atom stereocenters. The van der Waals surface area contributed by atoms with Gasteiger partial charge in [0.2, 0.25) is 0 Å². The lowest BCUT2D eigenvalue weighted by atomic mass is 10.3. The summed E-state index contributed by atoms with van der Waals surface area (Å²) in [5, 5.41) is 2.59. The van der Waals surface area contributed by atoms with Crippen LogP contribution in [-0.2, 0) is 4.79 Å². The van der Waals surface area contributed by atoms with E-state index in [-0.39, 0.29) is 18.3 Å². The fourth-order valence-electron chi connectivity index (χ4n) is 0.984. The first kappa shape index (κ1) is 12.0. The first-order valence-corrected chi connectivity index (χ1v) is 5.27. The first-order valence-electron chi connectivity index (χ1n) is 4.48. The summed E-state index contributed by atoms with van der Waals surface area (Å²) in [6.07, 6.45) is 0. The molecule has 0 saturated heterocycles. The zero-order chi connectivity index (χ0) is 11.3. The van der Waals surface area contributed by atoms with Crippen LogP contribution < -0.4 is 10.1 Å². The van der Waals surface area contributed by atoms with Gasteiger partial charge in [0.05, 0.1) is 4.47 Å². The van der Waals surface area contributed by atoms with E-state index in [2.05, 4.69) is 21.2 Å². The smallest absolute Gasteiger partial charge is 0.257 e. The molecule has 0 aliphatic rings. The number of halogens is 2. The Morgan fingerprint density at radius 3 is 2.93 bits per heavy atom. The lowest BCUT2D eigenvalue weighted by Gasteiger charge is -2.07. The van der Waals surface area contributed by atoms with E-state index in [0.717, 1.165) is 0 Å². The number of rotatable bonds is 4. The molecule has 0 heterocycles. The molecular formula is C10H11BrFNO2. The highest BCUT2D eigenvalue weighted by Crippen LogP contribution is 2.25. The Balaban J connectivity index is 2.54. The van der Waals surface area contributed by atoms with E-state index >= 15 is 0 Å². The molecule has 0 aliphatic carbocycles. The van der Waals surface area contributed by atoms with Crippen LogP contribution >= 0.6 is 15.9 Å². The number of nitrogens with one attached hydrogen (secondary N) is 1. The highest BCUT2D eigenvalue weighted by Gasteiger charge is 2.05. The van der Waals surface area contributed by atoms with Gasteiger partial charge < -0.3 is 10.1 Å². The van der Waals surface area contributed by atoms with Crippen molar-refractivity contribution in [3.63, 3.8) is 0 Å². The van der Waals surface area contributed by atoms with Gasteiger partial charge in [0, 0.05) is 6.54 Å². The van der Waals surface area contributed by atoms with E-state index in [1.54, 1.807) is 0 Å². The van der Waals surface area contributed by atoms with Gasteiger partial charge in [-0.1, -0.05) is 0 Å². The summed E-state index contributed by atoms with van der Waals surface area (Å²) >= 11 is 3.14. The number of hydrogen-bond acceptors (Lipinski definition) is 2. The Morgan fingerprint density at radius 1 is 1.60 bits per heavy atom. The summed E-state index contributed by atoms with van der Waals surface area (Å²) in [6, 6.07) is 4.03. The molecule has 0 unspecified atom stereocenters. The number of benzene rings is 1. The molecule has 15 heavy (non-hydrogen) atoms. The first-order chi connectivity index (χ1) is 7.13. The number of hydrogen-bond donors (Lipinski definition) is 1. The molecule has 82 valence electrons. The van der Waals surface area contributed by atoms with Crippen LogP contribution in [0.5, 0.6) is 5.75 Å². The number of amides is 1. The number of carbonyl (C=O) groups is 1. The molecule has 0 aliphatic heterocycles. The van der Waals surface area contributed by atoms with E-state index in [9.17, 15) is 9.18 Å². The van der Waals surface area contributed by atoms with Crippen LogP contribution in [0, 0.1) is 5.82 Å². The van der Waals surface area contributed by atoms with Crippen LogP contribution in [0.3, 0.4) is 0 Å². The molecular weight excluding hydrogens is 265 g/mol. The minimum absolute atomic E-state index is 0.0714. The maximum Gasteiger partial charge on any atom is 0.257 e. The molecule has 0 radical (unpaired) electrons. The van der Waals surface area contributed by atoms with E-state index in [1.807, 2.05) is 6.92 Å². The van der Waals surface area contributed by atoms with Crippen LogP contribution in [0.2, 0.25) is 0 Å². The fraction of sp³-hybridized carbons (Fsp3) is 0.300. The van der Waals surface area contributed by atoms with Crippen LogP contribution in [0.25, 0.3) is 0 Å². The van der Waals surface area contributed by atoms with E-state index in [4.69, 9.17) is 4.74 Å². The average Bonchev–Trinajstić information content (AvgIpc) is 2.17. The zero-order valence-electron chi connectivity index (χ0n) is 8.22. The van der Waals surface area contributed by atoms with E-state index in [1.165, 1.54) is 18.2 Å². The molecule has 1 amide bonds. The Labute approximate surface area is 95.7 Å². The van der Waals surface area contributed by atoms with Gasteiger partial charge in [-0.3, -0.25) is 4.79 Å². The topological polar surface area (TPSA) is 38.3 Å². The van der Waals surface area contributed by atoms with Crippen LogP contribution in [0.1, 0.15) is 6.92 Å². The predicted molar refractivity (Wildman–Crippen MR) is 58.3 cm³/mol. The van der Waals surface area contributed by atoms with Crippen molar-refractivity contribution in [3.8, 4) is 5.75 Å². The second-order valence-electron chi connectivity index (χ2n) is 2.82. The third-order valence-corrected chi connectivity index (χ3v) is 2.25. The van der Waals surface area contributed by atoms with Crippen molar-refractivity contribution >= 4 is 21.8 Å². The van der Waals surface area contributed by atoms with Gasteiger partial charge in [-0.15, -0.1) is 0 Å². The third kappa shape index (κ3) is 3.87. The number of likely N-dealkylation sites (N-methyl/N-ethyl adjacent to an activating group) is 1. The van der Waals surface area contributed by atoms with Crippen molar-refractivity contribution in [1.29, 1.82) is 0 Å². The van der Waals surface area contributed by atoms with E-state index < -0.39 is 0 Å². The molecule has 0 saturated carbocycles. The quantitative estimate of drug-likeness (QED) is 0.914. The molecule has 1 N–H and O–H groups in total. The van der Waals surface area contributed by atoms with Crippen molar-refractivity contribution in [3.05, 3.63) is 28.5 Å². The SMILES string of the molecule is CCNC(=O)COc1ccc(F)cc1Br. The number of carbonyl (C=O) groups excluding carboxylic acids is 1. The zero-order valence-corrected chi connectivity index (χ0v) is 9.80. The molecule has 0 bridgehead atoms. The summed E-state index contributed by atoms with van der Waals surface area (Å²) < 4.78 is 18.4. The molecule has 1 aromatic rings. The maximum absolute atomic E-state index is 12.7. The lowest BCUT2D eigenvalue weighted by Crippen LogP contribution is -2.28. The van der Waals surface area contributed by atoms with Crippen molar-refractivity contribution in [2.75, 3.05) is 13.2 Å². The monoisotopic (exact) mass is 275 g/mol. The Morgan fingerprint density at radius 2 is 2.33 bits per heavy atom. The second kappa shape index (κ2) is 5.70. The Bertz CT molecular complexity index is 357. The normalized spacial score (nSPS) is 9.80. The van der Waals surface area contributed by atoms with Crippen LogP contribution in [0.4, 0.5) is 4.39 Å². The highest BCUT2D eigenvalue weighted by molar-refractivity contribution is 9.10. The molecule has 1 rings (SSSR count). The highest BCUT2D eigenvalue weighted by atomic mass is 79.9. The summed E-state index contributed by atoms with van der Waals surface area (Å²) in [5.74, 6) is -0.108. The molecule has 0 fully saturated rings. The minimum atomic E-state index is -0.354. The summed E-state index contributed by atoms with van der Waals surface area (Å²) in [5.41, 5.74) is 0. The second-order valence-corrected chi connectivity index (χ2v) is 3.67. The molecule has 5 heteroatoms. The summed E-state index contributed by atoms with van der Waals surface area (Å²) in [7, 11) is 0. The van der Waals surface area contributed by atoms with Crippen LogP contribution in [0.15, 0.2) is 22.7 Å². The van der Waals surface area contributed by atoms with Crippen LogP contribution in [-0.4, -0.2) is 19.1 Å². The predicted octanol–water partition coefficient (Wildman–Crippen LogP) is 2.10. The van der Waals surface area contributed by atoms with Gasteiger partial charge in [0.25, 0.3) is 5.91 Å². The van der Waals surface area contributed by atoms with Gasteiger partial charge in [-0.25, -0.2) is 4.39 Å². The number of ether oxygens (including phenoxy) is 1. The van der Waals surface area contributed by atoms with Crippen molar-refractivity contribution in [1.82, 2.24) is 5.32 Å². The standard InChI is InChI=1S/C10H11BrFNO2/c1-2-13-10(14)6-15-9-4-3-7(12)5-8(9)11/h3-5H,2,6H2,1H3,(H,13,14). The van der Waals surface area contributed by atoms with Gasteiger partial charge >= 0.3 is 0 Å². The Hall–Kier alpha value is -1.10. The minimum Gasteiger partial charge on any atom is -0.483 e. The van der Waals surface area contributed by atoms with Gasteiger partial charge in [-0.2, -0.15) is 0 Å². The van der Waals surface area contributed by atoms with Gasteiger partial charge in [-0.05, 0) is 41.1 Å². The van der Waals surface area contributed by atoms with E-state index in [0.29, 0.717) is 16.8 Å². The molecule has 1 aromatic carbocycles. The average molecular weight is 276 g/mol. The lowest BCUT2D eigenvalue weighted by molar-refractivity contribution is -0.122. The van der Waals surface area contributed by atoms with Gasteiger partial charge in [0.1, 0.15) is 11.6 Å². The molecule has 0 aromatic heterocycles. The molecule has 3 nitrogen and oxygen atoms in total. The van der Waals surface area contributed by atoms with Crippen molar-refractivity contribution < 1.29 is 13.9 Å². The third-order valence-electron chi connectivity index (χ3n) is 1.63. The van der Waals surface area contributed by atoms with Gasteiger partial charge in [0.15, 0.2) is 6.61 Å². The van der Waals surface area contributed by atoms with Crippen molar-refractivity contribution in [2.24, 2.45) is 0 Å². The largest absolute Gasteiger partial charge is 0.483 e. The molecule has 0 spiro atoms. The van der Waals surface area contributed by atoms with Crippen molar-refractivity contribution in [2.45, 2.75) is 6.92 Å². The summed E-state index contributed by atoms with van der Waals surface area (Å²) in [4.78, 5) is 11.1. The Kier molecular flexibility index (Phi) is 4.55. The summed E-state index contributed by atoms with van der Waals surface area (Å²) in [6.45, 7) is 2.32. The maximum atomic E-state index is 12.7. The fourth-order valence-corrected chi connectivity index (χ4v) is 1.45.